The molecule has 0 saturated heterocycles. The third-order valence-corrected chi connectivity index (χ3v) is 2.61. The average molecular weight is 241 g/mol. The Labute approximate surface area is 87.1 Å². The lowest BCUT2D eigenvalue weighted by Gasteiger charge is -2.21. The van der Waals surface area contributed by atoms with E-state index in [4.69, 9.17) is 0 Å². The quantitative estimate of drug-likeness (QED) is 0.752. The summed E-state index contributed by atoms with van der Waals surface area (Å²) in [5.41, 5.74) is 0. The van der Waals surface area contributed by atoms with Gasteiger partial charge in [-0.25, -0.2) is 4.98 Å². The fourth-order valence-electron chi connectivity index (χ4n) is 1.49. The maximum absolute atomic E-state index is 4.36. The molecule has 1 fully saturated rings. The molecule has 1 aliphatic carbocycles. The van der Waals surface area contributed by atoms with Crippen molar-refractivity contribution in [2.45, 2.75) is 18.9 Å². The van der Waals surface area contributed by atoms with Crippen molar-refractivity contribution < 1.29 is 0 Å². The second-order valence-corrected chi connectivity index (χ2v) is 4.09. The highest BCUT2D eigenvalue weighted by molar-refractivity contribution is 9.09. The van der Waals surface area contributed by atoms with Gasteiger partial charge in [0.15, 0.2) is 0 Å². The largest absolute Gasteiger partial charge is 0.353 e. The first kappa shape index (κ1) is 9.00. The van der Waals surface area contributed by atoms with Crippen LogP contribution in [0.1, 0.15) is 12.8 Å². The molecule has 1 aliphatic rings. The van der Waals surface area contributed by atoms with Gasteiger partial charge in [-0.2, -0.15) is 0 Å². The number of aromatic nitrogens is 1. The highest BCUT2D eigenvalue weighted by Gasteiger charge is 2.29. The van der Waals surface area contributed by atoms with E-state index in [-0.39, 0.29) is 0 Å². The molecule has 1 saturated carbocycles. The number of anilines is 1. The van der Waals surface area contributed by atoms with Gasteiger partial charge in [0.05, 0.1) is 0 Å². The lowest BCUT2D eigenvalue weighted by molar-refractivity contribution is 0.816. The van der Waals surface area contributed by atoms with Gasteiger partial charge in [0.2, 0.25) is 0 Å². The van der Waals surface area contributed by atoms with Crippen LogP contribution in [0, 0.1) is 0 Å². The molecule has 13 heavy (non-hydrogen) atoms. The molecular formula is C10H13BrN2. The monoisotopic (exact) mass is 240 g/mol. The summed E-state index contributed by atoms with van der Waals surface area (Å²) < 4.78 is 0. The zero-order chi connectivity index (χ0) is 9.10. The van der Waals surface area contributed by atoms with E-state index >= 15 is 0 Å². The van der Waals surface area contributed by atoms with Crippen LogP contribution in [0.5, 0.6) is 0 Å². The molecule has 2 nitrogen and oxygen atoms in total. The molecular weight excluding hydrogens is 228 g/mol. The van der Waals surface area contributed by atoms with Gasteiger partial charge in [-0.1, -0.05) is 22.0 Å². The SMILES string of the molecule is BrCCN(c1ccccn1)C1CC1. The first-order valence-electron chi connectivity index (χ1n) is 4.65. The van der Waals surface area contributed by atoms with Gasteiger partial charge < -0.3 is 4.90 Å². The van der Waals surface area contributed by atoms with Crippen molar-refractivity contribution in [3.05, 3.63) is 24.4 Å². The van der Waals surface area contributed by atoms with Gasteiger partial charge in [0.1, 0.15) is 5.82 Å². The zero-order valence-electron chi connectivity index (χ0n) is 7.49. The lowest BCUT2D eigenvalue weighted by atomic mass is 10.4. The van der Waals surface area contributed by atoms with Crippen molar-refractivity contribution in [1.29, 1.82) is 0 Å². The van der Waals surface area contributed by atoms with Crippen molar-refractivity contribution in [2.24, 2.45) is 0 Å². The average Bonchev–Trinajstić information content (AvgIpc) is 2.99. The van der Waals surface area contributed by atoms with Crippen LogP contribution in [0.25, 0.3) is 0 Å². The number of pyridine rings is 1. The van der Waals surface area contributed by atoms with Crippen LogP contribution in [0.3, 0.4) is 0 Å². The van der Waals surface area contributed by atoms with E-state index in [0.29, 0.717) is 0 Å². The van der Waals surface area contributed by atoms with Crippen molar-refractivity contribution >= 4 is 21.7 Å². The standard InChI is InChI=1S/C10H13BrN2/c11-6-8-13(9-4-5-9)10-3-1-2-7-12-10/h1-3,7,9H,4-6,8H2. The van der Waals surface area contributed by atoms with E-state index in [0.717, 1.165) is 23.7 Å². The topological polar surface area (TPSA) is 16.1 Å². The summed E-state index contributed by atoms with van der Waals surface area (Å²) in [6, 6.07) is 6.84. The van der Waals surface area contributed by atoms with Gasteiger partial charge in [0, 0.05) is 24.1 Å². The van der Waals surface area contributed by atoms with E-state index in [1.165, 1.54) is 12.8 Å². The number of halogens is 1. The Morgan fingerprint density at radius 2 is 2.31 bits per heavy atom. The van der Waals surface area contributed by atoms with E-state index in [1.54, 1.807) is 0 Å². The van der Waals surface area contributed by atoms with Crippen LogP contribution in [0.2, 0.25) is 0 Å². The predicted octanol–water partition coefficient (Wildman–Crippen LogP) is 2.45. The normalized spacial score (nSPS) is 15.8. The van der Waals surface area contributed by atoms with E-state index in [2.05, 4.69) is 31.9 Å². The van der Waals surface area contributed by atoms with Crippen molar-refractivity contribution in [2.75, 3.05) is 16.8 Å². The summed E-state index contributed by atoms with van der Waals surface area (Å²) in [7, 11) is 0. The molecule has 0 unspecified atom stereocenters. The van der Waals surface area contributed by atoms with Gasteiger partial charge in [-0.15, -0.1) is 0 Å². The summed E-state index contributed by atoms with van der Waals surface area (Å²) in [6.07, 6.45) is 4.51. The molecule has 2 rings (SSSR count). The number of alkyl halides is 1. The summed E-state index contributed by atoms with van der Waals surface area (Å²) in [5, 5.41) is 1.01. The van der Waals surface area contributed by atoms with Crippen molar-refractivity contribution in [3.63, 3.8) is 0 Å². The fraction of sp³-hybridized carbons (Fsp3) is 0.500. The lowest BCUT2D eigenvalue weighted by Crippen LogP contribution is -2.28. The smallest absolute Gasteiger partial charge is 0.128 e. The van der Waals surface area contributed by atoms with Crippen LogP contribution >= 0.6 is 15.9 Å². The Bertz CT molecular complexity index is 259. The number of rotatable bonds is 4. The maximum Gasteiger partial charge on any atom is 0.128 e. The van der Waals surface area contributed by atoms with E-state index in [9.17, 15) is 0 Å². The summed E-state index contributed by atoms with van der Waals surface area (Å²) in [4.78, 5) is 6.75. The molecule has 0 spiro atoms. The predicted molar refractivity (Wildman–Crippen MR) is 58.4 cm³/mol. The molecule has 1 aromatic heterocycles. The van der Waals surface area contributed by atoms with E-state index < -0.39 is 0 Å². The van der Waals surface area contributed by atoms with Crippen LogP contribution in [0.4, 0.5) is 5.82 Å². The maximum atomic E-state index is 4.36. The highest BCUT2D eigenvalue weighted by Crippen LogP contribution is 2.30. The van der Waals surface area contributed by atoms with Gasteiger partial charge in [-0.05, 0) is 25.0 Å². The molecule has 70 valence electrons. The molecule has 0 aromatic carbocycles. The molecule has 1 aromatic rings. The molecule has 0 atom stereocenters. The Morgan fingerprint density at radius 3 is 2.85 bits per heavy atom. The third kappa shape index (κ3) is 2.21. The number of hydrogen-bond acceptors (Lipinski definition) is 2. The van der Waals surface area contributed by atoms with Crippen molar-refractivity contribution in [3.8, 4) is 0 Å². The van der Waals surface area contributed by atoms with Crippen LogP contribution in [-0.2, 0) is 0 Å². The Morgan fingerprint density at radius 1 is 1.46 bits per heavy atom. The second kappa shape index (κ2) is 4.09. The first-order valence-corrected chi connectivity index (χ1v) is 5.77. The summed E-state index contributed by atoms with van der Waals surface area (Å²) in [6.45, 7) is 1.06. The number of hydrogen-bond donors (Lipinski definition) is 0. The summed E-state index contributed by atoms with van der Waals surface area (Å²) >= 11 is 3.47. The van der Waals surface area contributed by atoms with E-state index in [1.807, 2.05) is 18.3 Å². The van der Waals surface area contributed by atoms with Gasteiger partial charge >= 0.3 is 0 Å². The Balaban J connectivity index is 2.10. The minimum absolute atomic E-state index is 0.743. The Kier molecular flexibility index (Phi) is 2.83. The first-order chi connectivity index (χ1) is 6.42. The second-order valence-electron chi connectivity index (χ2n) is 3.30. The number of nitrogens with zero attached hydrogens (tertiary/aromatic N) is 2. The molecule has 0 radical (unpaired) electrons. The van der Waals surface area contributed by atoms with Gasteiger partial charge in [0.25, 0.3) is 0 Å². The molecule has 0 bridgehead atoms. The molecule has 0 amide bonds. The minimum Gasteiger partial charge on any atom is -0.353 e. The zero-order valence-corrected chi connectivity index (χ0v) is 9.07. The van der Waals surface area contributed by atoms with Gasteiger partial charge in [-0.3, -0.25) is 0 Å². The van der Waals surface area contributed by atoms with Crippen LogP contribution in [-0.4, -0.2) is 22.9 Å². The third-order valence-electron chi connectivity index (χ3n) is 2.26. The highest BCUT2D eigenvalue weighted by atomic mass is 79.9. The minimum atomic E-state index is 0.743. The summed E-state index contributed by atoms with van der Waals surface area (Å²) in [5.74, 6) is 1.12. The van der Waals surface area contributed by atoms with Crippen LogP contribution < -0.4 is 4.90 Å². The fourth-order valence-corrected chi connectivity index (χ4v) is 1.87. The van der Waals surface area contributed by atoms with Crippen molar-refractivity contribution in [1.82, 2.24) is 4.98 Å². The molecule has 1 heterocycles. The molecule has 3 heteroatoms. The Hall–Kier alpha value is -0.570. The molecule has 0 N–H and O–H groups in total. The van der Waals surface area contributed by atoms with Crippen LogP contribution in [0.15, 0.2) is 24.4 Å². The molecule has 0 aliphatic heterocycles.